The maximum Gasteiger partial charge on any atom is 0.134 e. The summed E-state index contributed by atoms with van der Waals surface area (Å²) in [6, 6.07) is 6.37. The zero-order valence-corrected chi connectivity index (χ0v) is 16.4. The van der Waals surface area contributed by atoms with Crippen LogP contribution in [0.25, 0.3) is 17.0 Å². The van der Waals surface area contributed by atoms with E-state index in [0.717, 1.165) is 29.8 Å². The normalized spacial score (nSPS) is 11.9. The van der Waals surface area contributed by atoms with Crippen molar-refractivity contribution in [3.8, 4) is 0 Å². The average molecular weight is 328 g/mol. The number of nitrogens with one attached hydrogen (secondary N) is 1. The van der Waals surface area contributed by atoms with Crippen molar-refractivity contribution in [2.75, 3.05) is 0 Å². The highest BCUT2D eigenvalue weighted by molar-refractivity contribution is 5.89. The van der Waals surface area contributed by atoms with E-state index in [4.69, 9.17) is 9.83 Å². The minimum absolute atomic E-state index is 1.01. The van der Waals surface area contributed by atoms with Crippen molar-refractivity contribution in [3.63, 3.8) is 0 Å². The van der Waals surface area contributed by atoms with E-state index in [2.05, 4.69) is 37.3 Å². The summed E-state index contributed by atoms with van der Waals surface area (Å²) in [4.78, 5) is 0. The molecule has 0 unspecified atom stereocenters. The Bertz CT molecular complexity index is 675. The molecule has 1 N–H and O–H groups in total. The number of aryl methyl sites for hydroxylation is 2. The third-order valence-electron chi connectivity index (χ3n) is 3.46. The maximum atomic E-state index is 6.62. The van der Waals surface area contributed by atoms with E-state index in [1.165, 1.54) is 22.7 Å². The topological polar surface area (TPSA) is 37.0 Å². The molecule has 1 heterocycles. The van der Waals surface area contributed by atoms with Gasteiger partial charge in [0.05, 0.1) is 0 Å². The second-order valence-corrected chi connectivity index (χ2v) is 5.06. The number of fused-ring (bicyclic) bond motifs is 3. The van der Waals surface area contributed by atoms with Crippen LogP contribution in [0.4, 0.5) is 0 Å². The van der Waals surface area contributed by atoms with E-state index in [0.29, 0.717) is 0 Å². The first-order chi connectivity index (χ1) is 11.7. The lowest BCUT2D eigenvalue weighted by molar-refractivity contribution is 0.546. The highest BCUT2D eigenvalue weighted by Crippen LogP contribution is 2.31. The Morgan fingerprint density at radius 2 is 1.83 bits per heavy atom. The molecule has 0 amide bonds. The maximum absolute atomic E-state index is 6.62. The number of hydrogen-bond donors (Lipinski definition) is 1. The van der Waals surface area contributed by atoms with Crippen molar-refractivity contribution in [1.29, 1.82) is 5.41 Å². The molecule has 0 bridgehead atoms. The van der Waals surface area contributed by atoms with Gasteiger partial charge in [-0.25, -0.2) is 0 Å². The Labute approximate surface area is 147 Å². The lowest BCUT2D eigenvalue weighted by Gasteiger charge is -2.01. The molecule has 132 valence electrons. The summed E-state index contributed by atoms with van der Waals surface area (Å²) >= 11 is 0. The van der Waals surface area contributed by atoms with Gasteiger partial charge in [0.15, 0.2) is 0 Å². The number of allylic oxidation sites excluding steroid dienone is 3. The summed E-state index contributed by atoms with van der Waals surface area (Å²) < 4.78 is 5.79. The van der Waals surface area contributed by atoms with E-state index in [9.17, 15) is 0 Å². The van der Waals surface area contributed by atoms with Gasteiger partial charge in [0.25, 0.3) is 0 Å². The Hall–Kier alpha value is -2.09. The number of hydrogen-bond acceptors (Lipinski definition) is 2. The van der Waals surface area contributed by atoms with Crippen LogP contribution in [0.15, 0.2) is 40.3 Å². The van der Waals surface area contributed by atoms with Gasteiger partial charge in [-0.3, -0.25) is 0 Å². The molecule has 2 heteroatoms. The van der Waals surface area contributed by atoms with E-state index < -0.39 is 0 Å². The molecule has 0 radical (unpaired) electrons. The summed E-state index contributed by atoms with van der Waals surface area (Å²) in [5.41, 5.74) is 4.61. The third-order valence-corrected chi connectivity index (χ3v) is 3.46. The summed E-state index contributed by atoms with van der Waals surface area (Å²) in [5, 5.41) is 7.88. The summed E-state index contributed by atoms with van der Waals surface area (Å²) in [6.45, 7) is 13.9. The first-order valence-electron chi connectivity index (χ1n) is 8.97. The predicted octanol–water partition coefficient (Wildman–Crippen LogP) is 7.36. The quantitative estimate of drug-likeness (QED) is 0.546. The number of benzene rings is 1. The molecule has 0 saturated heterocycles. The van der Waals surface area contributed by atoms with Gasteiger partial charge in [-0.05, 0) is 44.9 Å². The molecule has 0 spiro atoms. The van der Waals surface area contributed by atoms with Crippen molar-refractivity contribution in [1.82, 2.24) is 0 Å². The number of rotatable bonds is 1. The molecule has 0 aliphatic heterocycles. The van der Waals surface area contributed by atoms with Gasteiger partial charge in [0.1, 0.15) is 11.3 Å². The molecule has 3 rings (SSSR count). The standard InChI is InChI=1S/C13H12O.C5H9N.2C2H6/c1-9-6-7-13-11(8-9)10-4-2-3-5-12(10)14-13;1-3-5(2)4-6;2*1-2/h2,4,6-8H,3,5H2,1H3;3-4,6H,1-2H3;2*1-2H3/b;5-3-,6-4?;;. The average Bonchev–Trinajstić information content (AvgIpc) is 3.03. The minimum atomic E-state index is 1.01. The molecule has 2 aromatic rings. The Balaban J connectivity index is 0.000000453. The minimum Gasteiger partial charge on any atom is -0.460 e. The van der Waals surface area contributed by atoms with Gasteiger partial charge in [-0.15, -0.1) is 0 Å². The summed E-state index contributed by atoms with van der Waals surface area (Å²) in [5.74, 6) is 1.15. The van der Waals surface area contributed by atoms with Gasteiger partial charge < -0.3 is 9.83 Å². The van der Waals surface area contributed by atoms with Gasteiger partial charge in [0.2, 0.25) is 0 Å². The first kappa shape index (κ1) is 21.9. The van der Waals surface area contributed by atoms with Crippen molar-refractivity contribution in [2.45, 2.75) is 61.3 Å². The molecule has 1 aromatic carbocycles. The van der Waals surface area contributed by atoms with Gasteiger partial charge >= 0.3 is 0 Å². The zero-order valence-electron chi connectivity index (χ0n) is 16.4. The van der Waals surface area contributed by atoms with Crippen molar-refractivity contribution < 1.29 is 4.42 Å². The SMILES string of the molecule is C/C=C(/C)C=N.CC.CC.Cc1ccc2oc3c(c2c1)C=CCC3. The molecule has 0 saturated carbocycles. The van der Waals surface area contributed by atoms with Crippen LogP contribution in [0.5, 0.6) is 0 Å². The van der Waals surface area contributed by atoms with Crippen LogP contribution in [0.3, 0.4) is 0 Å². The largest absolute Gasteiger partial charge is 0.460 e. The molecule has 1 aliphatic carbocycles. The van der Waals surface area contributed by atoms with Gasteiger partial charge in [-0.1, -0.05) is 57.6 Å². The van der Waals surface area contributed by atoms with Gasteiger partial charge in [0, 0.05) is 23.6 Å². The highest BCUT2D eigenvalue weighted by atomic mass is 16.3. The fourth-order valence-corrected chi connectivity index (χ4v) is 2.15. The van der Waals surface area contributed by atoms with Crippen molar-refractivity contribution in [2.24, 2.45) is 0 Å². The molecule has 24 heavy (non-hydrogen) atoms. The Morgan fingerprint density at radius 3 is 2.38 bits per heavy atom. The molecule has 0 fully saturated rings. The molecule has 2 nitrogen and oxygen atoms in total. The predicted molar refractivity (Wildman–Crippen MR) is 109 cm³/mol. The fourth-order valence-electron chi connectivity index (χ4n) is 2.15. The Kier molecular flexibility index (Phi) is 11.3. The smallest absolute Gasteiger partial charge is 0.134 e. The van der Waals surface area contributed by atoms with E-state index >= 15 is 0 Å². The first-order valence-corrected chi connectivity index (χ1v) is 8.97. The van der Waals surface area contributed by atoms with E-state index in [1.54, 1.807) is 0 Å². The van der Waals surface area contributed by atoms with Crippen LogP contribution in [-0.2, 0) is 6.42 Å². The van der Waals surface area contributed by atoms with E-state index in [-0.39, 0.29) is 0 Å². The molecule has 1 aliphatic rings. The van der Waals surface area contributed by atoms with Crippen molar-refractivity contribution in [3.05, 3.63) is 52.8 Å². The molecular weight excluding hydrogens is 294 g/mol. The summed E-state index contributed by atoms with van der Waals surface area (Å²) in [6.07, 6.45) is 9.78. The van der Waals surface area contributed by atoms with Crippen LogP contribution < -0.4 is 0 Å². The van der Waals surface area contributed by atoms with Crippen LogP contribution in [0.2, 0.25) is 0 Å². The third kappa shape index (κ3) is 6.19. The molecular formula is C22H33NO. The highest BCUT2D eigenvalue weighted by Gasteiger charge is 2.13. The van der Waals surface area contributed by atoms with Gasteiger partial charge in [-0.2, -0.15) is 0 Å². The van der Waals surface area contributed by atoms with Crippen LogP contribution in [-0.4, -0.2) is 6.21 Å². The van der Waals surface area contributed by atoms with Crippen molar-refractivity contribution >= 4 is 23.3 Å². The monoisotopic (exact) mass is 327 g/mol. The number of furan rings is 1. The fraction of sp³-hybridized carbons (Fsp3) is 0.409. The van der Waals surface area contributed by atoms with E-state index in [1.807, 2.05) is 47.6 Å². The van der Waals surface area contributed by atoms with Crippen LogP contribution in [0, 0.1) is 12.3 Å². The second kappa shape index (κ2) is 12.3. The zero-order chi connectivity index (χ0) is 18.5. The lowest BCUT2D eigenvalue weighted by Crippen LogP contribution is -1.88. The van der Waals surface area contributed by atoms with Crippen LogP contribution in [0.1, 0.15) is 64.9 Å². The lowest BCUT2D eigenvalue weighted by atomic mass is 10.0. The summed E-state index contributed by atoms with van der Waals surface area (Å²) in [7, 11) is 0. The van der Waals surface area contributed by atoms with Crippen LogP contribution >= 0.6 is 0 Å². The molecule has 0 atom stereocenters. The Morgan fingerprint density at radius 1 is 1.17 bits per heavy atom. The molecule has 1 aromatic heterocycles. The second-order valence-electron chi connectivity index (χ2n) is 5.06.